The molecular weight excluding hydrogens is 358 g/mol. The van der Waals surface area contributed by atoms with Crippen molar-refractivity contribution >= 4 is 11.7 Å². The SMILES string of the molecule is CCCCCC(CCCCC)c1cccc(C(=O)NCC(=O)c2ccccc2)c1. The highest BCUT2D eigenvalue weighted by molar-refractivity contribution is 6.02. The first-order valence-corrected chi connectivity index (χ1v) is 11.1. The molecule has 0 aliphatic rings. The fourth-order valence-electron chi connectivity index (χ4n) is 3.68. The number of amides is 1. The quantitative estimate of drug-likeness (QED) is 0.310. The van der Waals surface area contributed by atoms with E-state index in [1.54, 1.807) is 12.1 Å². The molecule has 3 heteroatoms. The number of hydrogen-bond acceptors (Lipinski definition) is 2. The van der Waals surface area contributed by atoms with Gasteiger partial charge in [0.2, 0.25) is 0 Å². The molecule has 0 atom stereocenters. The number of ketones is 1. The first-order valence-electron chi connectivity index (χ1n) is 11.1. The average Bonchev–Trinajstić information content (AvgIpc) is 2.77. The maximum absolute atomic E-state index is 12.6. The van der Waals surface area contributed by atoms with Gasteiger partial charge in [-0.2, -0.15) is 0 Å². The number of carbonyl (C=O) groups excluding carboxylic acids is 2. The number of carbonyl (C=O) groups is 2. The summed E-state index contributed by atoms with van der Waals surface area (Å²) in [5.74, 6) is 0.246. The molecule has 0 radical (unpaired) electrons. The van der Waals surface area contributed by atoms with Crippen LogP contribution in [0.4, 0.5) is 0 Å². The van der Waals surface area contributed by atoms with Crippen molar-refractivity contribution in [1.82, 2.24) is 5.32 Å². The maximum Gasteiger partial charge on any atom is 0.251 e. The Bertz CT molecular complexity index is 744. The lowest BCUT2D eigenvalue weighted by Crippen LogP contribution is -2.29. The first-order chi connectivity index (χ1) is 14.2. The monoisotopic (exact) mass is 393 g/mol. The van der Waals surface area contributed by atoms with Crippen molar-refractivity contribution in [3.05, 3.63) is 71.3 Å². The summed E-state index contributed by atoms with van der Waals surface area (Å²) in [6.07, 6.45) is 9.77. The molecule has 3 nitrogen and oxygen atoms in total. The van der Waals surface area contributed by atoms with Gasteiger partial charge in [0, 0.05) is 11.1 Å². The van der Waals surface area contributed by atoms with Gasteiger partial charge in [-0.25, -0.2) is 0 Å². The van der Waals surface area contributed by atoms with Crippen molar-refractivity contribution in [2.45, 2.75) is 71.1 Å². The number of nitrogens with one attached hydrogen (secondary N) is 1. The highest BCUT2D eigenvalue weighted by Crippen LogP contribution is 2.29. The van der Waals surface area contributed by atoms with Crippen molar-refractivity contribution < 1.29 is 9.59 Å². The van der Waals surface area contributed by atoms with Gasteiger partial charge in [-0.15, -0.1) is 0 Å². The minimum absolute atomic E-state index is 0.0174. The van der Waals surface area contributed by atoms with Crippen LogP contribution in [0.5, 0.6) is 0 Å². The summed E-state index contributed by atoms with van der Waals surface area (Å²) < 4.78 is 0. The molecule has 2 rings (SSSR count). The highest BCUT2D eigenvalue weighted by atomic mass is 16.2. The Morgan fingerprint density at radius 1 is 0.793 bits per heavy atom. The summed E-state index contributed by atoms with van der Waals surface area (Å²) in [7, 11) is 0. The van der Waals surface area contributed by atoms with Gasteiger partial charge in [0.1, 0.15) is 0 Å². The van der Waals surface area contributed by atoms with Gasteiger partial charge in [0.25, 0.3) is 5.91 Å². The zero-order valence-electron chi connectivity index (χ0n) is 18.0. The van der Waals surface area contributed by atoms with Crippen LogP contribution in [-0.4, -0.2) is 18.2 Å². The van der Waals surface area contributed by atoms with Gasteiger partial charge in [-0.05, 0) is 36.5 Å². The Hall–Kier alpha value is -2.42. The lowest BCUT2D eigenvalue weighted by atomic mass is 9.87. The molecule has 29 heavy (non-hydrogen) atoms. The molecule has 0 aromatic heterocycles. The Morgan fingerprint density at radius 3 is 2.03 bits per heavy atom. The third-order valence-electron chi connectivity index (χ3n) is 5.44. The molecule has 0 bridgehead atoms. The summed E-state index contributed by atoms with van der Waals surface area (Å²) in [4.78, 5) is 24.8. The van der Waals surface area contributed by atoms with Crippen LogP contribution in [0.25, 0.3) is 0 Å². The van der Waals surface area contributed by atoms with Crippen LogP contribution in [0.1, 0.15) is 97.4 Å². The number of benzene rings is 2. The lowest BCUT2D eigenvalue weighted by molar-refractivity contribution is 0.0904. The van der Waals surface area contributed by atoms with Gasteiger partial charge in [-0.3, -0.25) is 9.59 Å². The molecule has 2 aromatic carbocycles. The van der Waals surface area contributed by atoms with Crippen LogP contribution in [0, 0.1) is 0 Å². The molecule has 0 unspecified atom stereocenters. The molecule has 0 aliphatic heterocycles. The van der Waals surface area contributed by atoms with E-state index in [0.717, 1.165) is 0 Å². The van der Waals surface area contributed by atoms with Crippen molar-refractivity contribution in [3.63, 3.8) is 0 Å². The van der Waals surface area contributed by atoms with Crippen molar-refractivity contribution in [2.24, 2.45) is 0 Å². The van der Waals surface area contributed by atoms with Gasteiger partial charge < -0.3 is 5.32 Å². The van der Waals surface area contributed by atoms with E-state index in [9.17, 15) is 9.59 Å². The molecule has 0 saturated carbocycles. The summed E-state index contributed by atoms with van der Waals surface area (Å²) in [5, 5.41) is 2.78. The summed E-state index contributed by atoms with van der Waals surface area (Å²) in [6, 6.07) is 17.0. The number of hydrogen-bond donors (Lipinski definition) is 1. The van der Waals surface area contributed by atoms with Crippen LogP contribution < -0.4 is 5.32 Å². The van der Waals surface area contributed by atoms with Gasteiger partial charge in [0.15, 0.2) is 5.78 Å². The van der Waals surface area contributed by atoms with Crippen LogP contribution in [0.15, 0.2) is 54.6 Å². The lowest BCUT2D eigenvalue weighted by Gasteiger charge is -2.18. The average molecular weight is 394 g/mol. The molecule has 0 fully saturated rings. The van der Waals surface area contributed by atoms with Crippen molar-refractivity contribution in [3.8, 4) is 0 Å². The molecule has 0 heterocycles. The molecule has 0 spiro atoms. The Morgan fingerprint density at radius 2 is 1.41 bits per heavy atom. The van der Waals surface area contributed by atoms with E-state index in [1.165, 1.54) is 56.9 Å². The third-order valence-corrected chi connectivity index (χ3v) is 5.44. The second kappa shape index (κ2) is 12.9. The van der Waals surface area contributed by atoms with Crippen molar-refractivity contribution in [1.29, 1.82) is 0 Å². The zero-order chi connectivity index (χ0) is 20.9. The Balaban J connectivity index is 2.00. The second-order valence-electron chi connectivity index (χ2n) is 7.79. The molecule has 1 amide bonds. The standard InChI is InChI=1S/C26H35NO2/c1-3-5-8-13-21(14-9-6-4-2)23-17-12-18-24(19-23)26(29)27-20-25(28)22-15-10-7-11-16-22/h7,10-12,15-19,21H,3-6,8-9,13-14,20H2,1-2H3,(H,27,29). The molecule has 2 aromatic rings. The third kappa shape index (κ3) is 7.84. The fourth-order valence-corrected chi connectivity index (χ4v) is 3.68. The van der Waals surface area contributed by atoms with E-state index in [2.05, 4.69) is 25.2 Å². The topological polar surface area (TPSA) is 46.2 Å². The van der Waals surface area contributed by atoms with Gasteiger partial charge in [-0.1, -0.05) is 94.8 Å². The Labute approximate surface area is 175 Å². The first kappa shape index (κ1) is 22.9. The van der Waals surface area contributed by atoms with E-state index in [-0.39, 0.29) is 18.2 Å². The molecule has 1 N–H and O–H groups in total. The predicted molar refractivity (Wildman–Crippen MR) is 121 cm³/mol. The van der Waals surface area contributed by atoms with E-state index in [1.807, 2.05) is 36.4 Å². The predicted octanol–water partition coefficient (Wildman–Crippen LogP) is 6.54. The van der Waals surface area contributed by atoms with E-state index in [4.69, 9.17) is 0 Å². The van der Waals surface area contributed by atoms with Crippen LogP contribution in [-0.2, 0) is 0 Å². The minimum Gasteiger partial charge on any atom is -0.345 e. The molecule has 156 valence electrons. The fraction of sp³-hybridized carbons (Fsp3) is 0.462. The number of Topliss-reactive ketones (excluding diaryl/α,β-unsaturated/α-hetero) is 1. The van der Waals surface area contributed by atoms with Crippen molar-refractivity contribution in [2.75, 3.05) is 6.54 Å². The van der Waals surface area contributed by atoms with Crippen LogP contribution in [0.2, 0.25) is 0 Å². The highest BCUT2D eigenvalue weighted by Gasteiger charge is 2.15. The van der Waals surface area contributed by atoms with Crippen LogP contribution >= 0.6 is 0 Å². The second-order valence-corrected chi connectivity index (χ2v) is 7.79. The largest absolute Gasteiger partial charge is 0.345 e. The van der Waals surface area contributed by atoms with E-state index >= 15 is 0 Å². The van der Waals surface area contributed by atoms with Gasteiger partial charge in [0.05, 0.1) is 6.54 Å². The molecular formula is C26H35NO2. The summed E-state index contributed by atoms with van der Waals surface area (Å²) >= 11 is 0. The smallest absolute Gasteiger partial charge is 0.251 e. The number of rotatable bonds is 13. The molecule has 0 aliphatic carbocycles. The van der Waals surface area contributed by atoms with E-state index < -0.39 is 0 Å². The zero-order valence-corrected chi connectivity index (χ0v) is 18.0. The summed E-state index contributed by atoms with van der Waals surface area (Å²) in [6.45, 7) is 4.48. The van der Waals surface area contributed by atoms with E-state index in [0.29, 0.717) is 17.0 Å². The number of unbranched alkanes of at least 4 members (excludes halogenated alkanes) is 4. The maximum atomic E-state index is 12.6. The normalized spacial score (nSPS) is 10.9. The van der Waals surface area contributed by atoms with Crippen LogP contribution in [0.3, 0.4) is 0 Å². The molecule has 0 saturated heterocycles. The Kier molecular flexibility index (Phi) is 10.2. The summed E-state index contributed by atoms with van der Waals surface area (Å²) in [5.41, 5.74) is 2.51. The minimum atomic E-state index is -0.183. The van der Waals surface area contributed by atoms with Gasteiger partial charge >= 0.3 is 0 Å².